The molecule has 118 valence electrons. The van der Waals surface area contributed by atoms with E-state index in [1.165, 1.54) is 31.2 Å². The van der Waals surface area contributed by atoms with E-state index >= 15 is 0 Å². The first kappa shape index (κ1) is 16.4. The molecule has 0 spiro atoms. The SMILES string of the molecule is CCCOc1ccc(C2CC(CC)CCC2CNC)cc1. The zero-order chi connectivity index (χ0) is 15.1. The quantitative estimate of drug-likeness (QED) is 0.791. The van der Waals surface area contributed by atoms with Crippen molar-refractivity contribution < 1.29 is 4.74 Å². The zero-order valence-corrected chi connectivity index (χ0v) is 13.9. The van der Waals surface area contributed by atoms with Crippen molar-refractivity contribution in [3.63, 3.8) is 0 Å². The van der Waals surface area contributed by atoms with Gasteiger partial charge in [-0.1, -0.05) is 38.8 Å². The lowest BCUT2D eigenvalue weighted by Gasteiger charge is -2.36. The molecule has 2 rings (SSSR count). The normalized spacial score (nSPS) is 25.8. The Hall–Kier alpha value is -1.02. The van der Waals surface area contributed by atoms with Crippen LogP contribution in [0, 0.1) is 11.8 Å². The van der Waals surface area contributed by atoms with E-state index in [1.807, 2.05) is 0 Å². The maximum Gasteiger partial charge on any atom is 0.119 e. The molecule has 1 aliphatic rings. The lowest BCUT2D eigenvalue weighted by Crippen LogP contribution is -2.30. The van der Waals surface area contributed by atoms with E-state index in [9.17, 15) is 0 Å². The van der Waals surface area contributed by atoms with Crippen LogP contribution in [0.3, 0.4) is 0 Å². The number of hydrogen-bond acceptors (Lipinski definition) is 2. The standard InChI is InChI=1S/C19H31NO/c1-4-12-21-18-10-8-16(9-11-18)19-13-15(5-2)6-7-17(19)14-20-3/h8-11,15,17,19-20H,4-7,12-14H2,1-3H3. The van der Waals surface area contributed by atoms with E-state index < -0.39 is 0 Å². The topological polar surface area (TPSA) is 21.3 Å². The summed E-state index contributed by atoms with van der Waals surface area (Å²) in [7, 11) is 2.07. The number of benzene rings is 1. The third kappa shape index (κ3) is 4.47. The van der Waals surface area contributed by atoms with Gasteiger partial charge in [0.15, 0.2) is 0 Å². The van der Waals surface area contributed by atoms with Crippen molar-refractivity contribution in [3.8, 4) is 5.75 Å². The second kappa shape index (κ2) is 8.43. The highest BCUT2D eigenvalue weighted by atomic mass is 16.5. The second-order valence-electron chi connectivity index (χ2n) is 6.43. The van der Waals surface area contributed by atoms with Gasteiger partial charge >= 0.3 is 0 Å². The van der Waals surface area contributed by atoms with Crippen LogP contribution in [0.5, 0.6) is 5.75 Å². The van der Waals surface area contributed by atoms with E-state index in [4.69, 9.17) is 4.74 Å². The first-order valence-electron chi connectivity index (χ1n) is 8.65. The van der Waals surface area contributed by atoms with Crippen LogP contribution in [0.1, 0.15) is 57.4 Å². The Morgan fingerprint density at radius 2 is 1.90 bits per heavy atom. The lowest BCUT2D eigenvalue weighted by molar-refractivity contribution is 0.228. The van der Waals surface area contributed by atoms with Gasteiger partial charge in [0.2, 0.25) is 0 Å². The van der Waals surface area contributed by atoms with Gasteiger partial charge in [-0.3, -0.25) is 0 Å². The molecule has 1 N–H and O–H groups in total. The first-order chi connectivity index (χ1) is 10.3. The van der Waals surface area contributed by atoms with E-state index in [2.05, 4.69) is 50.5 Å². The van der Waals surface area contributed by atoms with Crippen molar-refractivity contribution in [1.29, 1.82) is 0 Å². The summed E-state index contributed by atoms with van der Waals surface area (Å²) >= 11 is 0. The molecule has 0 aliphatic heterocycles. The highest BCUT2D eigenvalue weighted by Gasteiger charge is 2.30. The molecule has 0 saturated heterocycles. The van der Waals surface area contributed by atoms with Crippen LogP contribution in [0.2, 0.25) is 0 Å². The van der Waals surface area contributed by atoms with Gasteiger partial charge in [0.05, 0.1) is 6.61 Å². The van der Waals surface area contributed by atoms with Crippen LogP contribution in [0.15, 0.2) is 24.3 Å². The first-order valence-corrected chi connectivity index (χ1v) is 8.65. The minimum absolute atomic E-state index is 0.705. The van der Waals surface area contributed by atoms with Gasteiger partial charge in [-0.15, -0.1) is 0 Å². The molecule has 1 saturated carbocycles. The molecular formula is C19H31NO. The summed E-state index contributed by atoms with van der Waals surface area (Å²) in [5.41, 5.74) is 1.50. The summed E-state index contributed by atoms with van der Waals surface area (Å²) in [4.78, 5) is 0. The average Bonchev–Trinajstić information content (AvgIpc) is 2.54. The number of hydrogen-bond donors (Lipinski definition) is 1. The fourth-order valence-corrected chi connectivity index (χ4v) is 3.64. The highest BCUT2D eigenvalue weighted by molar-refractivity contribution is 5.30. The monoisotopic (exact) mass is 289 g/mol. The van der Waals surface area contributed by atoms with E-state index in [1.54, 1.807) is 0 Å². The molecule has 1 aromatic carbocycles. The molecule has 0 radical (unpaired) electrons. The highest BCUT2D eigenvalue weighted by Crippen LogP contribution is 2.41. The summed E-state index contributed by atoms with van der Waals surface area (Å²) in [6, 6.07) is 8.88. The molecular weight excluding hydrogens is 258 g/mol. The molecule has 0 bridgehead atoms. The Morgan fingerprint density at radius 1 is 1.14 bits per heavy atom. The minimum Gasteiger partial charge on any atom is -0.494 e. The molecule has 1 aromatic rings. The van der Waals surface area contributed by atoms with Gasteiger partial charge in [-0.25, -0.2) is 0 Å². The molecule has 3 unspecified atom stereocenters. The largest absolute Gasteiger partial charge is 0.494 e. The van der Waals surface area contributed by atoms with E-state index in [0.717, 1.165) is 37.2 Å². The molecule has 1 aliphatic carbocycles. The summed E-state index contributed by atoms with van der Waals surface area (Å²) in [5.74, 6) is 3.39. The van der Waals surface area contributed by atoms with Crippen LogP contribution >= 0.6 is 0 Å². The second-order valence-corrected chi connectivity index (χ2v) is 6.43. The number of nitrogens with one attached hydrogen (secondary N) is 1. The van der Waals surface area contributed by atoms with Crippen molar-refractivity contribution in [2.45, 2.75) is 51.9 Å². The summed E-state index contributed by atoms with van der Waals surface area (Å²) in [6.45, 7) is 6.42. The summed E-state index contributed by atoms with van der Waals surface area (Å²) < 4.78 is 5.70. The third-order valence-electron chi connectivity index (χ3n) is 4.93. The van der Waals surface area contributed by atoms with Gasteiger partial charge in [-0.05, 0) is 68.3 Å². The van der Waals surface area contributed by atoms with Gasteiger partial charge < -0.3 is 10.1 Å². The average molecular weight is 289 g/mol. The molecule has 2 heteroatoms. The molecule has 21 heavy (non-hydrogen) atoms. The van der Waals surface area contributed by atoms with Crippen molar-refractivity contribution in [1.82, 2.24) is 5.32 Å². The van der Waals surface area contributed by atoms with Crippen LogP contribution in [-0.4, -0.2) is 20.2 Å². The molecule has 0 aromatic heterocycles. The Labute approximate surface area is 130 Å². The molecule has 0 heterocycles. The van der Waals surface area contributed by atoms with Crippen molar-refractivity contribution in [2.24, 2.45) is 11.8 Å². The molecule has 3 atom stereocenters. The Morgan fingerprint density at radius 3 is 2.52 bits per heavy atom. The summed E-state index contributed by atoms with van der Waals surface area (Å²) in [6.07, 6.45) is 6.49. The van der Waals surface area contributed by atoms with Gasteiger partial charge in [0.25, 0.3) is 0 Å². The van der Waals surface area contributed by atoms with Crippen LogP contribution in [-0.2, 0) is 0 Å². The number of ether oxygens (including phenoxy) is 1. The Bertz CT molecular complexity index is 401. The van der Waals surface area contributed by atoms with Crippen LogP contribution in [0.25, 0.3) is 0 Å². The minimum atomic E-state index is 0.705. The Balaban J connectivity index is 2.07. The maximum absolute atomic E-state index is 5.70. The number of rotatable bonds is 7. The Kier molecular flexibility index (Phi) is 6.56. The van der Waals surface area contributed by atoms with Crippen molar-refractivity contribution in [2.75, 3.05) is 20.2 Å². The summed E-state index contributed by atoms with van der Waals surface area (Å²) in [5, 5.41) is 3.38. The van der Waals surface area contributed by atoms with Crippen molar-refractivity contribution in [3.05, 3.63) is 29.8 Å². The zero-order valence-electron chi connectivity index (χ0n) is 13.9. The predicted molar refractivity (Wildman–Crippen MR) is 90.0 cm³/mol. The predicted octanol–water partition coefficient (Wildman–Crippen LogP) is 4.60. The molecule has 0 amide bonds. The van der Waals surface area contributed by atoms with Crippen molar-refractivity contribution >= 4 is 0 Å². The smallest absolute Gasteiger partial charge is 0.119 e. The van der Waals surface area contributed by atoms with Gasteiger partial charge in [-0.2, -0.15) is 0 Å². The van der Waals surface area contributed by atoms with E-state index in [0.29, 0.717) is 5.92 Å². The fourth-order valence-electron chi connectivity index (χ4n) is 3.64. The maximum atomic E-state index is 5.70. The van der Waals surface area contributed by atoms with Gasteiger partial charge in [0.1, 0.15) is 5.75 Å². The van der Waals surface area contributed by atoms with Crippen LogP contribution < -0.4 is 10.1 Å². The lowest BCUT2D eigenvalue weighted by atomic mass is 9.70. The fraction of sp³-hybridized carbons (Fsp3) is 0.684. The van der Waals surface area contributed by atoms with Gasteiger partial charge in [0, 0.05) is 0 Å². The molecule has 1 fully saturated rings. The van der Waals surface area contributed by atoms with Crippen LogP contribution in [0.4, 0.5) is 0 Å². The van der Waals surface area contributed by atoms with E-state index in [-0.39, 0.29) is 0 Å². The molecule has 2 nitrogen and oxygen atoms in total. The third-order valence-corrected chi connectivity index (χ3v) is 4.93.